The third-order valence-electron chi connectivity index (χ3n) is 5.06. The van der Waals surface area contributed by atoms with Crippen LogP contribution in [0.5, 0.6) is 0 Å². The van der Waals surface area contributed by atoms with Crippen LogP contribution in [0.1, 0.15) is 6.92 Å². The summed E-state index contributed by atoms with van der Waals surface area (Å²) >= 11 is 0. The molecule has 0 saturated carbocycles. The van der Waals surface area contributed by atoms with Crippen LogP contribution in [0.4, 0.5) is 17.6 Å². The highest BCUT2D eigenvalue weighted by molar-refractivity contribution is 5.86. The topological polar surface area (TPSA) is 107 Å². The van der Waals surface area contributed by atoms with Gasteiger partial charge in [-0.15, -0.1) is 0 Å². The van der Waals surface area contributed by atoms with Crippen molar-refractivity contribution in [3.63, 3.8) is 0 Å². The Morgan fingerprint density at radius 1 is 1.12 bits per heavy atom. The molecule has 34 heavy (non-hydrogen) atoms. The fourth-order valence-electron chi connectivity index (χ4n) is 3.09. The number of allylic oxidation sites excluding steroid dienone is 2. The van der Waals surface area contributed by atoms with Crippen LogP contribution in [-0.4, -0.2) is 79.1 Å². The number of amides is 1. The zero-order valence-corrected chi connectivity index (χ0v) is 20.3. The van der Waals surface area contributed by atoms with Gasteiger partial charge in [0.1, 0.15) is 17.4 Å². The first-order valence-corrected chi connectivity index (χ1v) is 11.1. The number of carbonyl (C=O) groups excluding carboxylic acids is 1. The number of hydrogen-bond donors (Lipinski definition) is 4. The van der Waals surface area contributed by atoms with E-state index in [1.54, 1.807) is 25.6 Å². The number of nitrogens with one attached hydrogen (secondary N) is 4. The van der Waals surface area contributed by atoms with E-state index in [0.29, 0.717) is 36.4 Å². The zero-order valence-electron chi connectivity index (χ0n) is 20.3. The summed E-state index contributed by atoms with van der Waals surface area (Å²) in [7, 11) is 3.77. The van der Waals surface area contributed by atoms with Crippen molar-refractivity contribution in [3.8, 4) is 0 Å². The molecule has 0 atom stereocenters. The molecule has 2 heterocycles. The Kier molecular flexibility index (Phi) is 11.2. The van der Waals surface area contributed by atoms with Crippen LogP contribution >= 0.6 is 0 Å². The van der Waals surface area contributed by atoms with E-state index in [2.05, 4.69) is 68.2 Å². The van der Waals surface area contributed by atoms with Gasteiger partial charge in [0.25, 0.3) is 0 Å². The Morgan fingerprint density at radius 2 is 1.82 bits per heavy atom. The minimum Gasteiger partial charge on any atom is -0.495 e. The second-order valence-electron chi connectivity index (χ2n) is 7.58. The second-order valence-corrected chi connectivity index (χ2v) is 7.58. The lowest BCUT2D eigenvalue weighted by atomic mass is 10.2. The summed E-state index contributed by atoms with van der Waals surface area (Å²) in [6.45, 7) is 14.2. The van der Waals surface area contributed by atoms with Crippen LogP contribution in [0.2, 0.25) is 0 Å². The van der Waals surface area contributed by atoms with E-state index in [-0.39, 0.29) is 5.91 Å². The molecule has 1 saturated heterocycles. The van der Waals surface area contributed by atoms with Crippen molar-refractivity contribution in [2.75, 3.05) is 69.4 Å². The van der Waals surface area contributed by atoms with Crippen molar-refractivity contribution in [3.05, 3.63) is 67.4 Å². The van der Waals surface area contributed by atoms with Gasteiger partial charge < -0.3 is 35.8 Å². The van der Waals surface area contributed by atoms with E-state index in [4.69, 9.17) is 4.74 Å². The van der Waals surface area contributed by atoms with Gasteiger partial charge >= 0.3 is 0 Å². The minimum absolute atomic E-state index is 0.207. The van der Waals surface area contributed by atoms with Crippen molar-refractivity contribution >= 4 is 23.5 Å². The highest BCUT2D eigenvalue weighted by Gasteiger charge is 2.14. The number of carbonyl (C=O) groups is 1. The summed E-state index contributed by atoms with van der Waals surface area (Å²) in [4.78, 5) is 24.7. The average Bonchev–Trinajstić information content (AvgIpc) is 2.84. The first-order chi connectivity index (χ1) is 16.4. The van der Waals surface area contributed by atoms with Crippen LogP contribution in [0.3, 0.4) is 0 Å². The second kappa shape index (κ2) is 14.4. The summed E-state index contributed by atoms with van der Waals surface area (Å²) in [6, 6.07) is 1.78. The first kappa shape index (κ1) is 26.5. The SMILES string of the molecule is C=CNc1cc(NC/C=C/CNC(=O)C=C)nc(N/C=C(/C=C(\C)N2CCN(C)CC2)OC)n1. The predicted molar refractivity (Wildman–Crippen MR) is 138 cm³/mol. The minimum atomic E-state index is -0.207. The van der Waals surface area contributed by atoms with Crippen LogP contribution < -0.4 is 21.3 Å². The summed E-state index contributed by atoms with van der Waals surface area (Å²) < 4.78 is 5.53. The standard InChI is InChI=1S/C24H36N8O2/c1-6-23(33)27-11-9-8-10-26-22-17-21(25-7-2)29-24(30-22)28-18-20(34-5)16-19(3)32-14-12-31(4)13-15-32/h6-9,16-18H,1-2,10-15H2,3-5H3,(H,27,33)(H3,25,26,28,29,30)/b9-8+,19-16+,20-18-. The van der Waals surface area contributed by atoms with Crippen molar-refractivity contribution in [1.82, 2.24) is 25.1 Å². The van der Waals surface area contributed by atoms with Gasteiger partial charge in [-0.3, -0.25) is 4.79 Å². The third kappa shape index (κ3) is 9.37. The summed E-state index contributed by atoms with van der Waals surface area (Å²) in [5, 5.41) is 12.0. The van der Waals surface area contributed by atoms with E-state index in [9.17, 15) is 4.79 Å². The van der Waals surface area contributed by atoms with Crippen molar-refractivity contribution in [2.45, 2.75) is 6.92 Å². The number of methoxy groups -OCH3 is 1. The number of nitrogens with zero attached hydrogens (tertiary/aromatic N) is 4. The number of anilines is 3. The molecule has 10 heteroatoms. The van der Waals surface area contributed by atoms with E-state index >= 15 is 0 Å². The number of aromatic nitrogens is 2. The lowest BCUT2D eigenvalue weighted by Crippen LogP contribution is -2.43. The third-order valence-corrected chi connectivity index (χ3v) is 5.06. The molecule has 4 N–H and O–H groups in total. The maximum atomic E-state index is 11.1. The molecule has 10 nitrogen and oxygen atoms in total. The number of ether oxygens (including phenoxy) is 1. The Balaban J connectivity index is 2.02. The fourth-order valence-corrected chi connectivity index (χ4v) is 3.09. The molecule has 0 bridgehead atoms. The fraction of sp³-hybridized carbons (Fsp3) is 0.375. The van der Waals surface area contributed by atoms with Crippen LogP contribution in [-0.2, 0) is 9.53 Å². The average molecular weight is 469 g/mol. The lowest BCUT2D eigenvalue weighted by Gasteiger charge is -2.34. The largest absolute Gasteiger partial charge is 0.495 e. The Bertz CT molecular complexity index is 918. The van der Waals surface area contributed by atoms with E-state index in [0.717, 1.165) is 31.9 Å². The summed E-state index contributed by atoms with van der Waals surface area (Å²) in [5.41, 5.74) is 1.14. The highest BCUT2D eigenvalue weighted by Crippen LogP contribution is 2.16. The molecule has 0 aromatic carbocycles. The molecule has 0 radical (unpaired) electrons. The van der Waals surface area contributed by atoms with E-state index in [1.165, 1.54) is 6.08 Å². The van der Waals surface area contributed by atoms with Crippen molar-refractivity contribution < 1.29 is 9.53 Å². The first-order valence-electron chi connectivity index (χ1n) is 11.1. The molecular weight excluding hydrogens is 432 g/mol. The molecule has 1 fully saturated rings. The van der Waals surface area contributed by atoms with E-state index in [1.807, 2.05) is 18.2 Å². The molecule has 0 aliphatic carbocycles. The van der Waals surface area contributed by atoms with Crippen LogP contribution in [0.15, 0.2) is 67.4 Å². The van der Waals surface area contributed by atoms with Gasteiger partial charge in [0.15, 0.2) is 0 Å². The lowest BCUT2D eigenvalue weighted by molar-refractivity contribution is -0.116. The maximum absolute atomic E-state index is 11.1. The zero-order chi connectivity index (χ0) is 24.8. The van der Waals surface area contributed by atoms with Gasteiger partial charge in [0.2, 0.25) is 11.9 Å². The number of hydrogen-bond acceptors (Lipinski definition) is 9. The van der Waals surface area contributed by atoms with Gasteiger partial charge in [-0.05, 0) is 26.2 Å². The Labute approximate surface area is 202 Å². The van der Waals surface area contributed by atoms with Crippen molar-refractivity contribution in [2.24, 2.45) is 0 Å². The normalized spacial score (nSPS) is 15.1. The Morgan fingerprint density at radius 3 is 2.50 bits per heavy atom. The molecule has 0 unspecified atom stereocenters. The van der Waals surface area contributed by atoms with Gasteiger partial charge in [-0.1, -0.05) is 25.3 Å². The maximum Gasteiger partial charge on any atom is 0.243 e. The molecule has 1 aromatic rings. The van der Waals surface area contributed by atoms with Gasteiger partial charge in [0, 0.05) is 63.3 Å². The van der Waals surface area contributed by atoms with Crippen LogP contribution in [0.25, 0.3) is 0 Å². The molecule has 1 aliphatic heterocycles. The smallest absolute Gasteiger partial charge is 0.243 e. The van der Waals surface area contributed by atoms with Crippen LogP contribution in [0, 0.1) is 0 Å². The molecular formula is C24H36N8O2. The monoisotopic (exact) mass is 468 g/mol. The van der Waals surface area contributed by atoms with E-state index < -0.39 is 0 Å². The number of likely N-dealkylation sites (N-methyl/N-ethyl adjacent to an activating group) is 1. The molecule has 184 valence electrons. The quantitative estimate of drug-likeness (QED) is 0.150. The molecule has 2 rings (SSSR count). The molecule has 0 spiro atoms. The predicted octanol–water partition coefficient (Wildman–Crippen LogP) is 2.35. The molecule has 1 amide bonds. The van der Waals surface area contributed by atoms with Gasteiger partial charge in [0.05, 0.1) is 7.11 Å². The number of piperazine rings is 1. The highest BCUT2D eigenvalue weighted by atomic mass is 16.5. The molecule has 1 aliphatic rings. The van der Waals surface area contributed by atoms with Gasteiger partial charge in [-0.25, -0.2) is 0 Å². The number of rotatable bonds is 13. The molecule has 1 aromatic heterocycles. The Hall–Kier alpha value is -3.79. The van der Waals surface area contributed by atoms with Crippen molar-refractivity contribution in [1.29, 1.82) is 0 Å². The summed E-state index contributed by atoms with van der Waals surface area (Å²) in [5.74, 6) is 2.08. The summed E-state index contributed by atoms with van der Waals surface area (Å²) in [6.07, 6.45) is 10.3. The van der Waals surface area contributed by atoms with Gasteiger partial charge in [-0.2, -0.15) is 9.97 Å².